The van der Waals surface area contributed by atoms with Gasteiger partial charge < -0.3 is 29.8 Å². The number of ether oxygens (including phenoxy) is 2. The van der Waals surface area contributed by atoms with Gasteiger partial charge in [0.15, 0.2) is 0 Å². The Bertz CT molecular complexity index is 2060. The van der Waals surface area contributed by atoms with Crippen molar-refractivity contribution in [1.82, 2.24) is 14.5 Å². The number of halogens is 2. The van der Waals surface area contributed by atoms with Crippen LogP contribution in [0.3, 0.4) is 0 Å². The third-order valence-corrected chi connectivity index (χ3v) is 7.70. The van der Waals surface area contributed by atoms with Gasteiger partial charge in [0.25, 0.3) is 0 Å². The molecule has 0 aliphatic heterocycles. The summed E-state index contributed by atoms with van der Waals surface area (Å²) in [7, 11) is 1.89. The fourth-order valence-corrected chi connectivity index (χ4v) is 5.30. The second kappa shape index (κ2) is 12.5. The lowest BCUT2D eigenvalue weighted by Crippen LogP contribution is -2.20. The monoisotopic (exact) mass is 629 g/mol. The number of hydrogen-bond acceptors (Lipinski definition) is 7. The number of amides is 2. The molecule has 0 unspecified atom stereocenters. The van der Waals surface area contributed by atoms with E-state index >= 15 is 0 Å². The van der Waals surface area contributed by atoms with Gasteiger partial charge in [-0.15, -0.1) is 0 Å². The SMILES string of the molecule is Cn1c(COc2ccc(Cc3sc(=O)[nH]c3O)cc2)nc2ccc(Oc3ccc(NC(=O)Nc4ccc(F)cc4F)cc3)cc21. The molecule has 4 N–H and O–H groups in total. The summed E-state index contributed by atoms with van der Waals surface area (Å²) < 4.78 is 40.8. The first-order valence-electron chi connectivity index (χ1n) is 13.6. The molecule has 2 amide bonds. The number of benzene rings is 4. The minimum absolute atomic E-state index is 0.0996. The Kier molecular flexibility index (Phi) is 8.16. The molecule has 4 aromatic carbocycles. The van der Waals surface area contributed by atoms with E-state index in [0.29, 0.717) is 46.1 Å². The smallest absolute Gasteiger partial charge is 0.323 e. The fraction of sp³-hybridized carbons (Fsp3) is 0.0938. The first-order valence-corrected chi connectivity index (χ1v) is 14.4. The van der Waals surface area contributed by atoms with Gasteiger partial charge in [-0.25, -0.2) is 18.6 Å². The van der Waals surface area contributed by atoms with Gasteiger partial charge in [-0.3, -0.25) is 9.78 Å². The average Bonchev–Trinajstić information content (AvgIpc) is 3.51. The maximum atomic E-state index is 13.8. The van der Waals surface area contributed by atoms with Crippen molar-refractivity contribution in [3.63, 3.8) is 0 Å². The Labute approximate surface area is 258 Å². The van der Waals surface area contributed by atoms with Crippen molar-refractivity contribution >= 4 is 39.8 Å². The van der Waals surface area contributed by atoms with Crippen LogP contribution in [0.2, 0.25) is 0 Å². The molecule has 0 aliphatic carbocycles. The van der Waals surface area contributed by atoms with Crippen LogP contribution in [0.4, 0.5) is 25.0 Å². The molecule has 2 aromatic heterocycles. The van der Waals surface area contributed by atoms with Crippen LogP contribution < -0.4 is 25.0 Å². The number of aryl methyl sites for hydroxylation is 1. The second-order valence-corrected chi connectivity index (χ2v) is 11.0. The van der Waals surface area contributed by atoms with Gasteiger partial charge in [0.2, 0.25) is 5.88 Å². The molecule has 10 nitrogen and oxygen atoms in total. The van der Waals surface area contributed by atoms with Crippen molar-refractivity contribution < 1.29 is 28.2 Å². The van der Waals surface area contributed by atoms with Gasteiger partial charge in [0.05, 0.1) is 21.6 Å². The zero-order valence-corrected chi connectivity index (χ0v) is 24.5. The van der Waals surface area contributed by atoms with Crippen molar-refractivity contribution in [3.8, 4) is 23.1 Å². The van der Waals surface area contributed by atoms with Crippen LogP contribution in [0, 0.1) is 11.6 Å². The molecular weight excluding hydrogens is 604 g/mol. The summed E-state index contributed by atoms with van der Waals surface area (Å²) in [5.74, 6) is 0.759. The molecular formula is C32H25F2N5O5S. The Morgan fingerprint density at radius 3 is 2.40 bits per heavy atom. The predicted octanol–water partition coefficient (Wildman–Crippen LogP) is 6.91. The lowest BCUT2D eigenvalue weighted by atomic mass is 10.1. The summed E-state index contributed by atoms with van der Waals surface area (Å²) in [4.78, 5) is 31.0. The van der Waals surface area contributed by atoms with Crippen LogP contribution in [0.15, 0.2) is 89.7 Å². The number of aromatic nitrogens is 3. The number of aromatic amines is 1. The van der Waals surface area contributed by atoms with Crippen molar-refractivity contribution in [2.24, 2.45) is 7.05 Å². The highest BCUT2D eigenvalue weighted by molar-refractivity contribution is 7.09. The molecule has 0 aliphatic rings. The third-order valence-electron chi connectivity index (χ3n) is 6.83. The number of rotatable bonds is 9. The van der Waals surface area contributed by atoms with E-state index in [0.717, 1.165) is 40.1 Å². The number of carbonyl (C=O) groups excluding carboxylic acids is 1. The number of H-pyrrole nitrogens is 1. The highest BCUT2D eigenvalue weighted by Crippen LogP contribution is 2.28. The zero-order valence-electron chi connectivity index (χ0n) is 23.6. The molecule has 0 bridgehead atoms. The largest absolute Gasteiger partial charge is 0.494 e. The number of nitrogens with zero attached hydrogens (tertiary/aromatic N) is 2. The Morgan fingerprint density at radius 1 is 0.956 bits per heavy atom. The van der Waals surface area contributed by atoms with E-state index in [1.807, 2.05) is 48.0 Å². The highest BCUT2D eigenvalue weighted by Gasteiger charge is 2.12. The summed E-state index contributed by atoms with van der Waals surface area (Å²) >= 11 is 0.983. The molecule has 6 aromatic rings. The van der Waals surface area contributed by atoms with E-state index in [-0.39, 0.29) is 23.0 Å². The molecule has 6 rings (SSSR count). The maximum Gasteiger partial charge on any atom is 0.323 e. The number of thiazole rings is 1. The van der Waals surface area contributed by atoms with Crippen molar-refractivity contribution in [1.29, 1.82) is 0 Å². The van der Waals surface area contributed by atoms with Gasteiger partial charge in [-0.1, -0.05) is 23.5 Å². The predicted molar refractivity (Wildman–Crippen MR) is 166 cm³/mol. The third kappa shape index (κ3) is 6.94. The summed E-state index contributed by atoms with van der Waals surface area (Å²) in [6.45, 7) is 0.233. The number of hydrogen-bond donors (Lipinski definition) is 4. The van der Waals surface area contributed by atoms with Crippen LogP contribution in [0.1, 0.15) is 16.3 Å². The molecule has 2 heterocycles. The lowest BCUT2D eigenvalue weighted by Gasteiger charge is -2.10. The molecule has 13 heteroatoms. The number of anilines is 2. The van der Waals surface area contributed by atoms with Gasteiger partial charge >= 0.3 is 10.9 Å². The molecule has 0 saturated heterocycles. The van der Waals surface area contributed by atoms with E-state index in [2.05, 4.69) is 20.6 Å². The highest BCUT2D eigenvalue weighted by atomic mass is 32.1. The quantitative estimate of drug-likeness (QED) is 0.138. The van der Waals surface area contributed by atoms with Crippen LogP contribution >= 0.6 is 11.3 Å². The number of aromatic hydroxyl groups is 1. The summed E-state index contributed by atoms with van der Waals surface area (Å²) in [5, 5.41) is 14.7. The van der Waals surface area contributed by atoms with E-state index in [1.165, 1.54) is 0 Å². The molecule has 0 spiro atoms. The van der Waals surface area contributed by atoms with Crippen LogP contribution in [0.25, 0.3) is 11.0 Å². The number of fused-ring (bicyclic) bond motifs is 1. The van der Waals surface area contributed by atoms with E-state index in [4.69, 9.17) is 9.47 Å². The summed E-state index contributed by atoms with van der Waals surface area (Å²) in [6, 6.07) is 21.7. The standard InChI is InChI=1S/C32H25F2N5O5S/c1-39-27-16-23(44-22-9-5-20(6-10-22)35-31(41)37-25-12-4-19(33)15-24(25)34)11-13-26(27)36-29(39)17-43-21-7-2-18(3-8-21)14-28-30(40)38-32(42)45-28/h2-13,15-16,40H,14,17H2,1H3,(H,38,42)(H2,35,37,41). The van der Waals surface area contributed by atoms with Crippen LogP contribution in [0.5, 0.6) is 23.1 Å². The van der Waals surface area contributed by atoms with Crippen molar-refractivity contribution in [2.45, 2.75) is 13.0 Å². The van der Waals surface area contributed by atoms with Gasteiger partial charge in [-0.2, -0.15) is 0 Å². The van der Waals surface area contributed by atoms with E-state index in [9.17, 15) is 23.5 Å². The minimum Gasteiger partial charge on any atom is -0.494 e. The molecule has 0 atom stereocenters. The van der Waals surface area contributed by atoms with Gasteiger partial charge in [0, 0.05) is 31.3 Å². The summed E-state index contributed by atoms with van der Waals surface area (Å²) in [6.07, 6.45) is 0.435. The van der Waals surface area contributed by atoms with Gasteiger partial charge in [-0.05, 0) is 66.2 Å². The van der Waals surface area contributed by atoms with Crippen LogP contribution in [-0.2, 0) is 20.1 Å². The number of carbonyl (C=O) groups is 1. The minimum atomic E-state index is -0.876. The van der Waals surface area contributed by atoms with Crippen LogP contribution in [-0.4, -0.2) is 25.7 Å². The van der Waals surface area contributed by atoms with Crippen molar-refractivity contribution in [2.75, 3.05) is 10.6 Å². The zero-order chi connectivity index (χ0) is 31.5. The topological polar surface area (TPSA) is 130 Å². The molecule has 0 fully saturated rings. The Balaban J connectivity index is 1.05. The normalized spacial score (nSPS) is 11.0. The lowest BCUT2D eigenvalue weighted by molar-refractivity contribution is 0.262. The number of urea groups is 1. The number of imidazole rings is 1. The molecule has 228 valence electrons. The Morgan fingerprint density at radius 2 is 1.69 bits per heavy atom. The van der Waals surface area contributed by atoms with Gasteiger partial charge in [0.1, 0.15) is 41.3 Å². The Hall–Kier alpha value is -5.69. The molecule has 0 saturated carbocycles. The number of nitrogens with one attached hydrogen (secondary N) is 3. The molecule has 45 heavy (non-hydrogen) atoms. The second-order valence-electron chi connectivity index (χ2n) is 9.96. The van der Waals surface area contributed by atoms with E-state index < -0.39 is 17.7 Å². The first-order chi connectivity index (χ1) is 21.7. The first kappa shape index (κ1) is 29.4. The molecule has 0 radical (unpaired) electrons. The fourth-order valence-electron chi connectivity index (χ4n) is 4.54. The summed E-state index contributed by atoms with van der Waals surface area (Å²) in [5.41, 5.74) is 2.85. The average molecular weight is 630 g/mol. The van der Waals surface area contributed by atoms with Crippen molar-refractivity contribution in [3.05, 3.63) is 122 Å². The maximum absolute atomic E-state index is 13.8. The van der Waals surface area contributed by atoms with E-state index in [1.54, 1.807) is 30.3 Å².